The molecule has 18 heavy (non-hydrogen) atoms. The quantitative estimate of drug-likeness (QED) is 0.874. The number of hydrogen-bond donors (Lipinski definition) is 2. The Labute approximate surface area is 114 Å². The molecule has 0 heterocycles. The molecular weight excluding hydrogens is 320 g/mol. The summed E-state index contributed by atoms with van der Waals surface area (Å²) in [5.41, 5.74) is 1.03. The largest absolute Gasteiger partial charge is 0.349 e. The third kappa shape index (κ3) is 2.90. The number of benzene rings is 1. The Hall–Kier alpha value is -0.920. The van der Waals surface area contributed by atoms with Crippen molar-refractivity contribution < 1.29 is 13.2 Å². The normalized spacial score (nSPS) is 15.5. The van der Waals surface area contributed by atoms with Crippen molar-refractivity contribution >= 4 is 31.9 Å². The van der Waals surface area contributed by atoms with Gasteiger partial charge < -0.3 is 5.32 Å². The van der Waals surface area contributed by atoms with Gasteiger partial charge in [-0.05, 0) is 37.5 Å². The number of nitrogens with one attached hydrogen (secondary N) is 1. The first-order chi connectivity index (χ1) is 8.29. The first kappa shape index (κ1) is 13.5. The number of amides is 1. The molecule has 0 spiro atoms. The average Bonchev–Trinajstić information content (AvgIpc) is 3.03. The molecule has 1 fully saturated rings. The van der Waals surface area contributed by atoms with Crippen LogP contribution in [0.1, 0.15) is 28.8 Å². The zero-order valence-electron chi connectivity index (χ0n) is 9.73. The summed E-state index contributed by atoms with van der Waals surface area (Å²) >= 11 is 3.24. The summed E-state index contributed by atoms with van der Waals surface area (Å²) in [6.45, 7) is 1.75. The SMILES string of the molecule is Cc1c(Br)cc(S(N)(=O)=O)cc1C(=O)NC1CC1. The first-order valence-corrected chi connectivity index (χ1v) is 7.77. The van der Waals surface area contributed by atoms with E-state index in [1.54, 1.807) is 6.92 Å². The number of primary sulfonamides is 1. The Morgan fingerprint density at radius 1 is 1.44 bits per heavy atom. The van der Waals surface area contributed by atoms with E-state index in [4.69, 9.17) is 5.14 Å². The van der Waals surface area contributed by atoms with Gasteiger partial charge in [0.2, 0.25) is 10.0 Å². The fourth-order valence-electron chi connectivity index (χ4n) is 1.54. The van der Waals surface area contributed by atoms with E-state index in [2.05, 4.69) is 21.2 Å². The minimum absolute atomic E-state index is 0.0686. The molecule has 1 aliphatic rings. The van der Waals surface area contributed by atoms with E-state index in [1.807, 2.05) is 0 Å². The summed E-state index contributed by atoms with van der Waals surface area (Å²) in [6.07, 6.45) is 1.95. The van der Waals surface area contributed by atoms with Gasteiger partial charge in [-0.25, -0.2) is 13.6 Å². The molecule has 0 bridgehead atoms. The lowest BCUT2D eigenvalue weighted by Gasteiger charge is -2.10. The average molecular weight is 333 g/mol. The fourth-order valence-corrected chi connectivity index (χ4v) is 2.72. The van der Waals surface area contributed by atoms with Crippen molar-refractivity contribution in [3.05, 3.63) is 27.7 Å². The van der Waals surface area contributed by atoms with Crippen molar-refractivity contribution in [2.75, 3.05) is 0 Å². The molecule has 0 aliphatic heterocycles. The maximum Gasteiger partial charge on any atom is 0.251 e. The van der Waals surface area contributed by atoms with Gasteiger partial charge in [-0.15, -0.1) is 0 Å². The monoisotopic (exact) mass is 332 g/mol. The zero-order valence-corrected chi connectivity index (χ0v) is 12.1. The van der Waals surface area contributed by atoms with Gasteiger partial charge in [0.15, 0.2) is 0 Å². The molecule has 1 aliphatic carbocycles. The summed E-state index contributed by atoms with van der Waals surface area (Å²) in [6, 6.07) is 2.93. The van der Waals surface area contributed by atoms with Crippen molar-refractivity contribution in [2.24, 2.45) is 5.14 Å². The number of carbonyl (C=O) groups is 1. The number of sulfonamides is 1. The Morgan fingerprint density at radius 3 is 2.56 bits per heavy atom. The minimum Gasteiger partial charge on any atom is -0.349 e. The molecule has 5 nitrogen and oxygen atoms in total. The summed E-state index contributed by atoms with van der Waals surface area (Å²) < 4.78 is 23.2. The maximum atomic E-state index is 12.0. The maximum absolute atomic E-state index is 12.0. The van der Waals surface area contributed by atoms with Crippen LogP contribution >= 0.6 is 15.9 Å². The number of carbonyl (C=O) groups excluding carboxylic acids is 1. The third-order valence-corrected chi connectivity index (χ3v) is 4.52. The highest BCUT2D eigenvalue weighted by Gasteiger charge is 2.25. The van der Waals surface area contributed by atoms with Gasteiger partial charge in [0.25, 0.3) is 5.91 Å². The summed E-state index contributed by atoms with van der Waals surface area (Å²) in [7, 11) is -3.82. The summed E-state index contributed by atoms with van der Waals surface area (Å²) in [5.74, 6) is -0.263. The highest BCUT2D eigenvalue weighted by molar-refractivity contribution is 9.10. The van der Waals surface area contributed by atoms with Crippen molar-refractivity contribution in [3.8, 4) is 0 Å². The van der Waals surface area contributed by atoms with Crippen LogP contribution in [-0.4, -0.2) is 20.4 Å². The lowest BCUT2D eigenvalue weighted by atomic mass is 10.1. The molecular formula is C11H13BrN2O3S. The minimum atomic E-state index is -3.82. The van der Waals surface area contributed by atoms with E-state index in [1.165, 1.54) is 12.1 Å². The molecule has 1 amide bonds. The van der Waals surface area contributed by atoms with Crippen LogP contribution in [0, 0.1) is 6.92 Å². The van der Waals surface area contributed by atoms with Crippen LogP contribution in [0.25, 0.3) is 0 Å². The van der Waals surface area contributed by atoms with E-state index in [9.17, 15) is 13.2 Å². The molecule has 98 valence electrons. The molecule has 1 aromatic rings. The number of nitrogens with two attached hydrogens (primary N) is 1. The van der Waals surface area contributed by atoms with Gasteiger partial charge in [-0.2, -0.15) is 0 Å². The second-order valence-corrected chi connectivity index (χ2v) is 6.79. The lowest BCUT2D eigenvalue weighted by molar-refractivity contribution is 0.0950. The second-order valence-electron chi connectivity index (χ2n) is 4.37. The Kier molecular flexibility index (Phi) is 3.48. The van der Waals surface area contributed by atoms with Crippen molar-refractivity contribution in [1.82, 2.24) is 5.32 Å². The smallest absolute Gasteiger partial charge is 0.251 e. The van der Waals surface area contributed by atoms with Crippen molar-refractivity contribution in [1.29, 1.82) is 0 Å². The summed E-state index contributed by atoms with van der Waals surface area (Å²) in [5, 5.41) is 7.90. The lowest BCUT2D eigenvalue weighted by Crippen LogP contribution is -2.26. The van der Waals surface area contributed by atoms with Gasteiger partial charge in [0.05, 0.1) is 4.90 Å². The molecule has 0 atom stereocenters. The number of halogens is 1. The third-order valence-electron chi connectivity index (χ3n) is 2.80. The standard InChI is InChI=1S/C11H13BrN2O3S/c1-6-9(11(15)14-7-2-3-7)4-8(5-10(6)12)18(13,16)17/h4-5,7H,2-3H2,1H3,(H,14,15)(H2,13,16,17). The van der Waals surface area contributed by atoms with Crippen LogP contribution in [0.2, 0.25) is 0 Å². The molecule has 1 aromatic carbocycles. The van der Waals surface area contributed by atoms with Gasteiger partial charge in [0.1, 0.15) is 0 Å². The molecule has 0 radical (unpaired) electrons. The molecule has 2 rings (SSSR count). The van der Waals surface area contributed by atoms with Gasteiger partial charge in [-0.1, -0.05) is 15.9 Å². The second kappa shape index (κ2) is 4.64. The highest BCUT2D eigenvalue weighted by Crippen LogP contribution is 2.26. The predicted molar refractivity (Wildman–Crippen MR) is 70.7 cm³/mol. The van der Waals surface area contributed by atoms with Gasteiger partial charge in [-0.3, -0.25) is 4.79 Å². The van der Waals surface area contributed by atoms with Crippen LogP contribution in [0.3, 0.4) is 0 Å². The van der Waals surface area contributed by atoms with Crippen LogP contribution in [0.5, 0.6) is 0 Å². The van der Waals surface area contributed by atoms with Gasteiger partial charge in [0, 0.05) is 16.1 Å². The molecule has 1 saturated carbocycles. The number of hydrogen-bond acceptors (Lipinski definition) is 3. The van der Waals surface area contributed by atoms with Crippen LogP contribution in [0.4, 0.5) is 0 Å². The van der Waals surface area contributed by atoms with Crippen molar-refractivity contribution in [2.45, 2.75) is 30.7 Å². The van der Waals surface area contributed by atoms with E-state index in [-0.39, 0.29) is 16.8 Å². The van der Waals surface area contributed by atoms with E-state index >= 15 is 0 Å². The highest BCUT2D eigenvalue weighted by atomic mass is 79.9. The molecule has 0 saturated heterocycles. The van der Waals surface area contributed by atoms with Crippen LogP contribution in [-0.2, 0) is 10.0 Å². The molecule has 7 heteroatoms. The van der Waals surface area contributed by atoms with Gasteiger partial charge >= 0.3 is 0 Å². The Morgan fingerprint density at radius 2 is 2.06 bits per heavy atom. The predicted octanol–water partition coefficient (Wildman–Crippen LogP) is 1.30. The molecule has 0 aromatic heterocycles. The Bertz CT molecular complexity index is 609. The van der Waals surface area contributed by atoms with Crippen LogP contribution < -0.4 is 10.5 Å². The van der Waals surface area contributed by atoms with E-state index in [0.717, 1.165) is 12.8 Å². The number of rotatable bonds is 3. The van der Waals surface area contributed by atoms with E-state index in [0.29, 0.717) is 15.6 Å². The summed E-state index contributed by atoms with van der Waals surface area (Å²) in [4.78, 5) is 11.9. The Balaban J connectivity index is 2.44. The van der Waals surface area contributed by atoms with Crippen molar-refractivity contribution in [3.63, 3.8) is 0 Å². The fraction of sp³-hybridized carbons (Fsp3) is 0.364. The molecule has 0 unspecified atom stereocenters. The first-order valence-electron chi connectivity index (χ1n) is 5.43. The topological polar surface area (TPSA) is 89.3 Å². The molecule has 3 N–H and O–H groups in total. The van der Waals surface area contributed by atoms with Crippen LogP contribution in [0.15, 0.2) is 21.5 Å². The van der Waals surface area contributed by atoms with E-state index < -0.39 is 10.0 Å². The zero-order chi connectivity index (χ0) is 13.5.